The van der Waals surface area contributed by atoms with E-state index in [0.29, 0.717) is 17.5 Å². The molecule has 2 aromatic rings. The van der Waals surface area contributed by atoms with E-state index in [0.717, 1.165) is 34.8 Å². The van der Waals surface area contributed by atoms with Crippen molar-refractivity contribution in [1.29, 1.82) is 0 Å². The average molecular weight is 394 g/mol. The van der Waals surface area contributed by atoms with Gasteiger partial charge in [0.1, 0.15) is 12.5 Å². The Morgan fingerprint density at radius 1 is 1.31 bits per heavy atom. The molecule has 4 rings (SSSR count). The van der Waals surface area contributed by atoms with E-state index < -0.39 is 10.0 Å². The Morgan fingerprint density at radius 3 is 2.69 bits per heavy atom. The van der Waals surface area contributed by atoms with E-state index >= 15 is 0 Å². The van der Waals surface area contributed by atoms with Crippen molar-refractivity contribution >= 4 is 27.9 Å². The molecular weight excluding hydrogens is 370 g/mol. The first-order valence-corrected chi connectivity index (χ1v) is 10.6. The Kier molecular flexibility index (Phi) is 4.20. The maximum absolute atomic E-state index is 12.3. The highest BCUT2D eigenvalue weighted by atomic mass is 32.2. The van der Waals surface area contributed by atoms with Crippen molar-refractivity contribution in [3.8, 4) is 0 Å². The quantitative estimate of drug-likeness (QED) is 0.728. The van der Waals surface area contributed by atoms with Crippen LogP contribution in [0.3, 0.4) is 0 Å². The summed E-state index contributed by atoms with van der Waals surface area (Å²) in [4.78, 5) is 2.55. The second kappa shape index (κ2) is 6.17. The number of aromatic nitrogens is 3. The van der Waals surface area contributed by atoms with Crippen molar-refractivity contribution in [3.05, 3.63) is 34.4 Å². The summed E-state index contributed by atoms with van der Waals surface area (Å²) >= 11 is 5.54. The van der Waals surface area contributed by atoms with E-state index in [1.54, 1.807) is 26.2 Å². The van der Waals surface area contributed by atoms with Gasteiger partial charge in [0.25, 0.3) is 0 Å². The van der Waals surface area contributed by atoms with Crippen LogP contribution in [-0.2, 0) is 30.2 Å². The summed E-state index contributed by atoms with van der Waals surface area (Å²) in [5, 5.41) is 4.72. The molecule has 9 heteroatoms. The Morgan fingerprint density at radius 2 is 2.04 bits per heavy atom. The Bertz CT molecular complexity index is 1020. The van der Waals surface area contributed by atoms with Crippen LogP contribution in [-0.4, -0.2) is 47.7 Å². The number of anilines is 1. The Labute approximate surface area is 158 Å². The molecule has 0 bridgehead atoms. The summed E-state index contributed by atoms with van der Waals surface area (Å²) < 4.78 is 30.5. The molecule has 1 saturated carbocycles. The third-order valence-electron chi connectivity index (χ3n) is 5.14. The summed E-state index contributed by atoms with van der Waals surface area (Å²) in [6.07, 6.45) is 3.20. The fourth-order valence-electron chi connectivity index (χ4n) is 3.42. The Hall–Kier alpha value is -1.71. The molecule has 2 heterocycles. The summed E-state index contributed by atoms with van der Waals surface area (Å²) in [6, 6.07) is 5.37. The molecule has 7 nitrogen and oxygen atoms in total. The van der Waals surface area contributed by atoms with Crippen molar-refractivity contribution in [3.63, 3.8) is 0 Å². The number of hydrogen-bond acceptors (Lipinski definition) is 5. The van der Waals surface area contributed by atoms with E-state index in [4.69, 9.17) is 17.3 Å². The van der Waals surface area contributed by atoms with Crippen molar-refractivity contribution in [2.45, 2.75) is 36.7 Å². The molecule has 0 spiro atoms. The molecule has 1 aliphatic carbocycles. The summed E-state index contributed by atoms with van der Waals surface area (Å²) in [5.41, 5.74) is 2.11. The van der Waals surface area contributed by atoms with Crippen molar-refractivity contribution < 1.29 is 8.42 Å². The molecule has 140 valence electrons. The van der Waals surface area contributed by atoms with Crippen LogP contribution in [0.1, 0.15) is 30.1 Å². The van der Waals surface area contributed by atoms with Gasteiger partial charge in [0.15, 0.2) is 4.77 Å². The SMILES string of the molecule is CN(C)S(=O)(=O)c1ccc2c(c1)CCN2Cn1nc(C2CC2)n(C)c1=S. The number of fused-ring (bicyclic) bond motifs is 1. The van der Waals surface area contributed by atoms with Crippen molar-refractivity contribution in [1.82, 2.24) is 18.7 Å². The molecule has 1 aliphatic heterocycles. The third-order valence-corrected chi connectivity index (χ3v) is 7.44. The summed E-state index contributed by atoms with van der Waals surface area (Å²) in [7, 11) is 1.67. The molecule has 1 fully saturated rings. The molecule has 1 aromatic heterocycles. The van der Waals surface area contributed by atoms with E-state index in [1.165, 1.54) is 17.1 Å². The normalized spacial score (nSPS) is 17.2. The van der Waals surface area contributed by atoms with E-state index in [9.17, 15) is 8.42 Å². The van der Waals surface area contributed by atoms with Gasteiger partial charge in [-0.05, 0) is 55.2 Å². The predicted molar refractivity (Wildman–Crippen MR) is 102 cm³/mol. The van der Waals surface area contributed by atoms with Crippen LogP contribution in [0.15, 0.2) is 23.1 Å². The number of benzene rings is 1. The molecule has 0 N–H and O–H groups in total. The van der Waals surface area contributed by atoms with Gasteiger partial charge in [-0.1, -0.05) is 0 Å². The third kappa shape index (κ3) is 2.87. The van der Waals surface area contributed by atoms with Gasteiger partial charge in [-0.3, -0.25) is 0 Å². The summed E-state index contributed by atoms with van der Waals surface area (Å²) in [5.74, 6) is 1.62. The van der Waals surface area contributed by atoms with Gasteiger partial charge >= 0.3 is 0 Å². The molecule has 0 unspecified atom stereocenters. The molecule has 0 amide bonds. The lowest BCUT2D eigenvalue weighted by atomic mass is 10.2. The highest BCUT2D eigenvalue weighted by Crippen LogP contribution is 2.39. The Balaban J connectivity index is 1.61. The number of nitrogens with zero attached hydrogens (tertiary/aromatic N) is 5. The lowest BCUT2D eigenvalue weighted by Gasteiger charge is -2.19. The zero-order valence-corrected chi connectivity index (χ0v) is 16.8. The number of rotatable bonds is 5. The maximum Gasteiger partial charge on any atom is 0.242 e. The van der Waals surface area contributed by atoms with Gasteiger partial charge < -0.3 is 9.47 Å². The van der Waals surface area contributed by atoms with E-state index in [1.807, 2.05) is 22.4 Å². The largest absolute Gasteiger partial charge is 0.351 e. The van der Waals surface area contributed by atoms with Gasteiger partial charge in [-0.25, -0.2) is 17.4 Å². The van der Waals surface area contributed by atoms with E-state index in [2.05, 4.69) is 4.90 Å². The van der Waals surface area contributed by atoms with Crippen LogP contribution in [0.2, 0.25) is 0 Å². The molecule has 0 atom stereocenters. The molecular formula is C17H23N5O2S2. The van der Waals surface area contributed by atoms with Crippen LogP contribution < -0.4 is 4.90 Å². The van der Waals surface area contributed by atoms with Crippen LogP contribution in [0.25, 0.3) is 0 Å². The fourth-order valence-corrected chi connectivity index (χ4v) is 4.57. The van der Waals surface area contributed by atoms with Gasteiger partial charge in [0.2, 0.25) is 10.0 Å². The highest BCUT2D eigenvalue weighted by Gasteiger charge is 2.30. The predicted octanol–water partition coefficient (Wildman–Crippen LogP) is 2.10. The minimum absolute atomic E-state index is 0.341. The minimum atomic E-state index is -3.41. The zero-order chi connectivity index (χ0) is 18.6. The first-order valence-electron chi connectivity index (χ1n) is 8.73. The highest BCUT2D eigenvalue weighted by molar-refractivity contribution is 7.89. The number of sulfonamides is 1. The molecule has 26 heavy (non-hydrogen) atoms. The number of hydrogen-bond donors (Lipinski definition) is 0. The monoisotopic (exact) mass is 393 g/mol. The second-order valence-corrected chi connectivity index (χ2v) is 9.72. The van der Waals surface area contributed by atoms with Crippen LogP contribution >= 0.6 is 12.2 Å². The first-order chi connectivity index (χ1) is 12.3. The maximum atomic E-state index is 12.3. The molecule has 1 aromatic carbocycles. The topological polar surface area (TPSA) is 63.4 Å². The fraction of sp³-hybridized carbons (Fsp3) is 0.529. The van der Waals surface area contributed by atoms with Gasteiger partial charge in [-0.2, -0.15) is 5.10 Å². The van der Waals surface area contributed by atoms with Gasteiger partial charge in [-0.15, -0.1) is 0 Å². The molecule has 2 aliphatic rings. The van der Waals surface area contributed by atoms with Crippen molar-refractivity contribution in [2.75, 3.05) is 25.5 Å². The lowest BCUT2D eigenvalue weighted by molar-refractivity contribution is 0.520. The summed E-state index contributed by atoms with van der Waals surface area (Å²) in [6.45, 7) is 1.42. The van der Waals surface area contributed by atoms with Crippen LogP contribution in [0.4, 0.5) is 5.69 Å². The van der Waals surface area contributed by atoms with Gasteiger partial charge in [0.05, 0.1) is 4.90 Å². The molecule has 0 radical (unpaired) electrons. The van der Waals surface area contributed by atoms with Crippen LogP contribution in [0, 0.1) is 4.77 Å². The van der Waals surface area contributed by atoms with Crippen molar-refractivity contribution in [2.24, 2.45) is 7.05 Å². The standard InChI is InChI=1S/C17H23N5O2S2/c1-19(2)26(23,24)14-6-7-15-13(10-14)8-9-21(15)11-22-17(25)20(3)16(18-22)12-4-5-12/h6-7,10,12H,4-5,8-9,11H2,1-3H3. The molecule has 0 saturated heterocycles. The first kappa shape index (κ1) is 17.7. The average Bonchev–Trinajstić information content (AvgIpc) is 3.32. The van der Waals surface area contributed by atoms with Gasteiger partial charge in [0, 0.05) is 39.3 Å². The smallest absolute Gasteiger partial charge is 0.242 e. The zero-order valence-electron chi connectivity index (χ0n) is 15.2. The minimum Gasteiger partial charge on any atom is -0.351 e. The second-order valence-electron chi connectivity index (χ2n) is 7.21. The van der Waals surface area contributed by atoms with E-state index in [-0.39, 0.29) is 0 Å². The lowest BCUT2D eigenvalue weighted by Crippen LogP contribution is -2.25. The van der Waals surface area contributed by atoms with Crippen LogP contribution in [0.5, 0.6) is 0 Å².